The second-order valence-corrected chi connectivity index (χ2v) is 5.21. The molecule has 0 bridgehead atoms. The van der Waals surface area contributed by atoms with Crippen LogP contribution in [-0.4, -0.2) is 11.0 Å². The van der Waals surface area contributed by atoms with Crippen LogP contribution in [0.15, 0.2) is 48.5 Å². The molecule has 2 atom stereocenters. The Morgan fingerprint density at radius 3 is 2.48 bits per heavy atom. The van der Waals surface area contributed by atoms with Crippen molar-refractivity contribution in [3.63, 3.8) is 0 Å². The summed E-state index contributed by atoms with van der Waals surface area (Å²) in [4.78, 5) is 12.3. The van der Waals surface area contributed by atoms with Gasteiger partial charge in [0.05, 0.1) is 5.92 Å². The Kier molecular flexibility index (Phi) is 4.60. The molecule has 2 unspecified atom stereocenters. The second kappa shape index (κ2) is 6.41. The van der Waals surface area contributed by atoms with Crippen LogP contribution in [0.1, 0.15) is 24.1 Å². The quantitative estimate of drug-likeness (QED) is 0.755. The van der Waals surface area contributed by atoms with Gasteiger partial charge in [-0.05, 0) is 36.2 Å². The average molecular weight is 284 g/mol. The summed E-state index contributed by atoms with van der Waals surface area (Å²) in [5.74, 6) is -0.319. The normalized spacial score (nSPS) is 13.5. The lowest BCUT2D eigenvalue weighted by Gasteiger charge is -2.20. The Labute approximate surface area is 124 Å². The maximum absolute atomic E-state index is 12.3. The molecule has 4 heteroatoms. The highest BCUT2D eigenvalue weighted by Gasteiger charge is 2.22. The minimum absolute atomic E-state index is 0.139. The summed E-state index contributed by atoms with van der Waals surface area (Å²) in [6.07, 6.45) is 0. The van der Waals surface area contributed by atoms with Crippen LogP contribution in [0.5, 0.6) is 5.75 Å². The molecule has 0 spiro atoms. The van der Waals surface area contributed by atoms with Crippen molar-refractivity contribution in [3.8, 4) is 5.75 Å². The highest BCUT2D eigenvalue weighted by Crippen LogP contribution is 2.23. The smallest absolute Gasteiger partial charge is 0.229 e. The van der Waals surface area contributed by atoms with E-state index in [-0.39, 0.29) is 23.6 Å². The number of aryl methyl sites for hydroxylation is 1. The molecule has 0 saturated heterocycles. The molecular weight excluding hydrogens is 264 g/mol. The molecular formula is C17H20N2O2. The molecule has 0 saturated carbocycles. The molecule has 2 rings (SSSR count). The van der Waals surface area contributed by atoms with E-state index in [9.17, 15) is 9.90 Å². The fourth-order valence-electron chi connectivity index (χ4n) is 2.16. The maximum atomic E-state index is 12.3. The number of aromatic hydroxyl groups is 1. The van der Waals surface area contributed by atoms with Crippen LogP contribution in [0.4, 0.5) is 5.69 Å². The number of phenolic OH excluding ortho intramolecular Hbond substituents is 1. The van der Waals surface area contributed by atoms with Gasteiger partial charge in [-0.1, -0.05) is 37.3 Å². The standard InChI is InChI=1S/C17H20N2O2/c1-11-10-14(20)8-9-15(11)19-17(21)12(2)16(18)13-6-4-3-5-7-13/h3-10,12,16,20H,18H2,1-2H3,(H,19,21). The number of nitrogens with one attached hydrogen (secondary N) is 1. The fraction of sp³-hybridized carbons (Fsp3) is 0.235. The number of amides is 1. The van der Waals surface area contributed by atoms with Crippen molar-refractivity contribution in [2.45, 2.75) is 19.9 Å². The summed E-state index contributed by atoms with van der Waals surface area (Å²) in [5, 5.41) is 12.2. The van der Waals surface area contributed by atoms with Crippen molar-refractivity contribution in [2.75, 3.05) is 5.32 Å². The third-order valence-corrected chi connectivity index (χ3v) is 3.60. The zero-order valence-electron chi connectivity index (χ0n) is 12.2. The van der Waals surface area contributed by atoms with Gasteiger partial charge < -0.3 is 16.2 Å². The minimum atomic E-state index is -0.361. The van der Waals surface area contributed by atoms with Crippen LogP contribution >= 0.6 is 0 Å². The van der Waals surface area contributed by atoms with Gasteiger partial charge in [0.15, 0.2) is 0 Å². The van der Waals surface area contributed by atoms with Crippen LogP contribution in [0.25, 0.3) is 0 Å². The second-order valence-electron chi connectivity index (χ2n) is 5.21. The predicted octanol–water partition coefficient (Wildman–Crippen LogP) is 2.98. The van der Waals surface area contributed by atoms with Crippen molar-refractivity contribution in [3.05, 3.63) is 59.7 Å². The molecule has 2 aromatic rings. The molecule has 0 radical (unpaired) electrons. The van der Waals surface area contributed by atoms with Crippen molar-refractivity contribution in [2.24, 2.45) is 11.7 Å². The highest BCUT2D eigenvalue weighted by molar-refractivity contribution is 5.93. The topological polar surface area (TPSA) is 75.3 Å². The molecule has 4 N–H and O–H groups in total. The number of hydrogen-bond donors (Lipinski definition) is 3. The Balaban J connectivity index is 2.09. The number of rotatable bonds is 4. The Morgan fingerprint density at radius 2 is 1.86 bits per heavy atom. The Morgan fingerprint density at radius 1 is 1.19 bits per heavy atom. The SMILES string of the molecule is Cc1cc(O)ccc1NC(=O)C(C)C(N)c1ccccc1. The number of anilines is 1. The summed E-state index contributed by atoms with van der Waals surface area (Å²) in [5.41, 5.74) is 8.58. The number of phenols is 1. The van der Waals surface area contributed by atoms with Crippen LogP contribution in [0.2, 0.25) is 0 Å². The number of benzene rings is 2. The van der Waals surface area contributed by atoms with Gasteiger partial charge >= 0.3 is 0 Å². The van der Waals surface area contributed by atoms with E-state index in [0.29, 0.717) is 5.69 Å². The van der Waals surface area contributed by atoms with Gasteiger partial charge in [0.25, 0.3) is 0 Å². The minimum Gasteiger partial charge on any atom is -0.508 e. The van der Waals surface area contributed by atoms with Crippen LogP contribution in [0.3, 0.4) is 0 Å². The maximum Gasteiger partial charge on any atom is 0.229 e. The first-order valence-electron chi connectivity index (χ1n) is 6.90. The van der Waals surface area contributed by atoms with Crippen molar-refractivity contribution in [1.82, 2.24) is 0 Å². The van der Waals surface area contributed by atoms with E-state index >= 15 is 0 Å². The van der Waals surface area contributed by atoms with Gasteiger partial charge in [0.2, 0.25) is 5.91 Å². The number of carbonyl (C=O) groups excluding carboxylic acids is 1. The van der Waals surface area contributed by atoms with E-state index < -0.39 is 0 Å². The molecule has 1 amide bonds. The monoisotopic (exact) mass is 284 g/mol. The first-order valence-corrected chi connectivity index (χ1v) is 6.90. The molecule has 0 aliphatic heterocycles. The van der Waals surface area contributed by atoms with E-state index in [1.807, 2.05) is 44.2 Å². The zero-order chi connectivity index (χ0) is 15.4. The van der Waals surface area contributed by atoms with Crippen molar-refractivity contribution in [1.29, 1.82) is 0 Å². The first kappa shape index (κ1) is 15.1. The Hall–Kier alpha value is -2.33. The van der Waals surface area contributed by atoms with Crippen molar-refractivity contribution < 1.29 is 9.90 Å². The van der Waals surface area contributed by atoms with E-state index in [2.05, 4.69) is 5.32 Å². The van der Waals surface area contributed by atoms with Gasteiger partial charge in [-0.25, -0.2) is 0 Å². The van der Waals surface area contributed by atoms with Gasteiger partial charge in [0, 0.05) is 11.7 Å². The van der Waals surface area contributed by atoms with E-state index in [4.69, 9.17) is 5.73 Å². The van der Waals surface area contributed by atoms with Crippen molar-refractivity contribution >= 4 is 11.6 Å². The van der Waals surface area contributed by atoms with Gasteiger partial charge in [0.1, 0.15) is 5.75 Å². The van der Waals surface area contributed by atoms with E-state index in [1.165, 1.54) is 0 Å². The third-order valence-electron chi connectivity index (χ3n) is 3.60. The molecule has 0 aliphatic rings. The van der Waals surface area contributed by atoms with Crippen LogP contribution < -0.4 is 11.1 Å². The highest BCUT2D eigenvalue weighted by atomic mass is 16.3. The lowest BCUT2D eigenvalue weighted by atomic mass is 9.94. The Bertz CT molecular complexity index is 626. The number of nitrogens with two attached hydrogens (primary N) is 1. The van der Waals surface area contributed by atoms with Crippen LogP contribution in [0, 0.1) is 12.8 Å². The summed E-state index contributed by atoms with van der Waals surface area (Å²) < 4.78 is 0. The molecule has 0 aliphatic carbocycles. The first-order chi connectivity index (χ1) is 9.99. The summed E-state index contributed by atoms with van der Waals surface area (Å²) in [6.45, 7) is 3.64. The van der Waals surface area contributed by atoms with Gasteiger partial charge in [-0.3, -0.25) is 4.79 Å². The lowest BCUT2D eigenvalue weighted by Crippen LogP contribution is -2.30. The average Bonchev–Trinajstić information content (AvgIpc) is 2.49. The molecule has 4 nitrogen and oxygen atoms in total. The van der Waals surface area contributed by atoms with Gasteiger partial charge in [-0.15, -0.1) is 0 Å². The third kappa shape index (κ3) is 3.61. The molecule has 21 heavy (non-hydrogen) atoms. The van der Waals surface area contributed by atoms with Gasteiger partial charge in [-0.2, -0.15) is 0 Å². The van der Waals surface area contributed by atoms with Crippen LogP contribution in [-0.2, 0) is 4.79 Å². The molecule has 0 fully saturated rings. The lowest BCUT2D eigenvalue weighted by molar-refractivity contribution is -0.120. The summed E-state index contributed by atoms with van der Waals surface area (Å²) in [6, 6.07) is 14.0. The number of carbonyl (C=O) groups is 1. The zero-order valence-corrected chi connectivity index (χ0v) is 12.2. The summed E-state index contributed by atoms with van der Waals surface area (Å²) >= 11 is 0. The predicted molar refractivity (Wildman–Crippen MR) is 84.0 cm³/mol. The fourth-order valence-corrected chi connectivity index (χ4v) is 2.16. The summed E-state index contributed by atoms with van der Waals surface area (Å²) in [7, 11) is 0. The number of hydrogen-bond acceptors (Lipinski definition) is 3. The molecule has 0 heterocycles. The molecule has 2 aromatic carbocycles. The molecule has 0 aromatic heterocycles. The van der Waals surface area contributed by atoms with E-state index in [0.717, 1.165) is 11.1 Å². The largest absolute Gasteiger partial charge is 0.508 e. The molecule has 110 valence electrons. The van der Waals surface area contributed by atoms with E-state index in [1.54, 1.807) is 18.2 Å².